The van der Waals surface area contributed by atoms with Gasteiger partial charge in [-0.1, -0.05) is 12.8 Å². The highest BCUT2D eigenvalue weighted by Crippen LogP contribution is 2.21. The van der Waals surface area contributed by atoms with E-state index >= 15 is 0 Å². The molecule has 1 aliphatic rings. The lowest BCUT2D eigenvalue weighted by Crippen LogP contribution is -2.19. The minimum atomic E-state index is 0.538. The Morgan fingerprint density at radius 3 is 3.15 bits per heavy atom. The second-order valence-corrected chi connectivity index (χ2v) is 3.80. The summed E-state index contributed by atoms with van der Waals surface area (Å²) >= 11 is 0. The molecule has 0 bridgehead atoms. The quantitative estimate of drug-likeness (QED) is 0.710. The summed E-state index contributed by atoms with van der Waals surface area (Å²) in [5.41, 5.74) is 1.34. The maximum atomic E-state index is 4.20. The predicted octanol–water partition coefficient (Wildman–Crippen LogP) is 1.62. The van der Waals surface area contributed by atoms with Crippen molar-refractivity contribution in [2.24, 2.45) is 7.05 Å². The molecular weight excluding hydrogens is 162 g/mol. The minimum Gasteiger partial charge on any atom is -0.310 e. The Labute approximate surface area is 79.1 Å². The first-order valence-corrected chi connectivity index (χ1v) is 5.08. The molecule has 2 rings (SSSR count). The van der Waals surface area contributed by atoms with Crippen LogP contribution in [-0.2, 0) is 7.05 Å². The van der Waals surface area contributed by atoms with Crippen LogP contribution >= 0.6 is 0 Å². The molecule has 0 aliphatic carbocycles. The number of rotatable bonds is 1. The second-order valence-electron chi connectivity index (χ2n) is 3.80. The normalized spacial score (nSPS) is 24.2. The molecule has 3 nitrogen and oxygen atoms in total. The van der Waals surface area contributed by atoms with Crippen molar-refractivity contribution in [2.45, 2.75) is 31.7 Å². The van der Waals surface area contributed by atoms with Crippen molar-refractivity contribution in [2.75, 3.05) is 6.54 Å². The van der Waals surface area contributed by atoms with Crippen molar-refractivity contribution < 1.29 is 0 Å². The first kappa shape index (κ1) is 8.75. The molecule has 0 unspecified atom stereocenters. The molecule has 0 spiro atoms. The van der Waals surface area contributed by atoms with Gasteiger partial charge in [0.1, 0.15) is 0 Å². The van der Waals surface area contributed by atoms with E-state index in [0.29, 0.717) is 6.04 Å². The van der Waals surface area contributed by atoms with Gasteiger partial charge in [-0.2, -0.15) is 5.10 Å². The van der Waals surface area contributed by atoms with Crippen molar-refractivity contribution in [1.29, 1.82) is 0 Å². The number of aryl methyl sites for hydroxylation is 1. The van der Waals surface area contributed by atoms with Gasteiger partial charge in [-0.25, -0.2) is 0 Å². The Kier molecular flexibility index (Phi) is 2.64. The Morgan fingerprint density at radius 1 is 1.46 bits per heavy atom. The van der Waals surface area contributed by atoms with E-state index < -0.39 is 0 Å². The fourth-order valence-electron chi connectivity index (χ4n) is 1.93. The van der Waals surface area contributed by atoms with Crippen LogP contribution in [-0.4, -0.2) is 16.3 Å². The molecule has 72 valence electrons. The summed E-state index contributed by atoms with van der Waals surface area (Å²) in [7, 11) is 1.97. The molecule has 1 aliphatic heterocycles. The monoisotopic (exact) mass is 179 g/mol. The van der Waals surface area contributed by atoms with Crippen LogP contribution in [0.4, 0.5) is 0 Å². The third kappa shape index (κ3) is 2.10. The van der Waals surface area contributed by atoms with Gasteiger partial charge in [-0.05, 0) is 19.4 Å². The maximum absolute atomic E-state index is 4.20. The zero-order valence-electron chi connectivity index (χ0n) is 8.16. The van der Waals surface area contributed by atoms with Gasteiger partial charge in [0.2, 0.25) is 0 Å². The van der Waals surface area contributed by atoms with Crippen LogP contribution in [0, 0.1) is 0 Å². The fraction of sp³-hybridized carbons (Fsp3) is 0.700. The lowest BCUT2D eigenvalue weighted by atomic mass is 10.1. The van der Waals surface area contributed by atoms with Crippen molar-refractivity contribution in [1.82, 2.24) is 15.1 Å². The zero-order valence-corrected chi connectivity index (χ0v) is 8.16. The highest BCUT2D eigenvalue weighted by atomic mass is 15.2. The van der Waals surface area contributed by atoms with Crippen LogP contribution in [0.2, 0.25) is 0 Å². The van der Waals surface area contributed by atoms with Crippen LogP contribution < -0.4 is 5.32 Å². The molecule has 1 N–H and O–H groups in total. The molecule has 0 saturated carbocycles. The molecule has 1 saturated heterocycles. The molecule has 0 radical (unpaired) electrons. The number of nitrogens with one attached hydrogen (secondary N) is 1. The van der Waals surface area contributed by atoms with Gasteiger partial charge in [-0.15, -0.1) is 0 Å². The number of nitrogens with zero attached hydrogens (tertiary/aromatic N) is 2. The molecule has 1 aromatic rings. The zero-order chi connectivity index (χ0) is 9.10. The average molecular weight is 179 g/mol. The SMILES string of the molecule is Cn1cc([C@@H]2CCCCCN2)cn1. The lowest BCUT2D eigenvalue weighted by Gasteiger charge is -2.12. The Hall–Kier alpha value is -0.830. The Balaban J connectivity index is 2.06. The van der Waals surface area contributed by atoms with E-state index in [9.17, 15) is 0 Å². The van der Waals surface area contributed by atoms with E-state index in [0.717, 1.165) is 6.54 Å². The number of hydrogen-bond acceptors (Lipinski definition) is 2. The summed E-state index contributed by atoms with van der Waals surface area (Å²) in [5, 5.41) is 7.76. The van der Waals surface area contributed by atoms with E-state index in [2.05, 4.69) is 16.6 Å². The van der Waals surface area contributed by atoms with Crippen molar-refractivity contribution in [3.8, 4) is 0 Å². The van der Waals surface area contributed by atoms with Crippen LogP contribution in [0.5, 0.6) is 0 Å². The summed E-state index contributed by atoms with van der Waals surface area (Å²) < 4.78 is 1.88. The smallest absolute Gasteiger partial charge is 0.0537 e. The summed E-state index contributed by atoms with van der Waals surface area (Å²) in [5.74, 6) is 0. The largest absolute Gasteiger partial charge is 0.310 e. The Bertz CT molecular complexity index is 259. The number of hydrogen-bond donors (Lipinski definition) is 1. The van der Waals surface area contributed by atoms with Crippen molar-refractivity contribution >= 4 is 0 Å². The third-order valence-electron chi connectivity index (χ3n) is 2.69. The van der Waals surface area contributed by atoms with Gasteiger partial charge in [0, 0.05) is 24.8 Å². The van der Waals surface area contributed by atoms with Crippen LogP contribution in [0.25, 0.3) is 0 Å². The third-order valence-corrected chi connectivity index (χ3v) is 2.69. The van der Waals surface area contributed by atoms with Gasteiger partial charge >= 0.3 is 0 Å². The van der Waals surface area contributed by atoms with E-state index in [-0.39, 0.29) is 0 Å². The van der Waals surface area contributed by atoms with Gasteiger partial charge in [-0.3, -0.25) is 4.68 Å². The second kappa shape index (κ2) is 3.92. The molecule has 13 heavy (non-hydrogen) atoms. The van der Waals surface area contributed by atoms with E-state index in [4.69, 9.17) is 0 Å². The van der Waals surface area contributed by atoms with Gasteiger partial charge in [0.15, 0.2) is 0 Å². The van der Waals surface area contributed by atoms with E-state index in [1.54, 1.807) is 0 Å². The molecule has 1 aromatic heterocycles. The molecule has 1 fully saturated rings. The summed E-state index contributed by atoms with van der Waals surface area (Å²) in [4.78, 5) is 0. The standard InChI is InChI=1S/C10H17N3/c1-13-8-9(7-12-13)10-5-3-2-4-6-11-10/h7-8,10-11H,2-6H2,1H3/t10-/m0/s1. The van der Waals surface area contributed by atoms with Gasteiger partial charge < -0.3 is 5.32 Å². The highest BCUT2D eigenvalue weighted by Gasteiger charge is 2.14. The number of aromatic nitrogens is 2. The predicted molar refractivity (Wildman–Crippen MR) is 52.4 cm³/mol. The van der Waals surface area contributed by atoms with Crippen molar-refractivity contribution in [3.63, 3.8) is 0 Å². The Morgan fingerprint density at radius 2 is 2.38 bits per heavy atom. The summed E-state index contributed by atoms with van der Waals surface area (Å²) in [6.07, 6.45) is 9.37. The van der Waals surface area contributed by atoms with Crippen LogP contribution in [0.1, 0.15) is 37.3 Å². The van der Waals surface area contributed by atoms with Crippen molar-refractivity contribution in [3.05, 3.63) is 18.0 Å². The lowest BCUT2D eigenvalue weighted by molar-refractivity contribution is 0.534. The molecule has 1 atom stereocenters. The first-order valence-electron chi connectivity index (χ1n) is 5.08. The van der Waals surface area contributed by atoms with Gasteiger partial charge in [0.25, 0.3) is 0 Å². The molecule has 3 heteroatoms. The van der Waals surface area contributed by atoms with Crippen LogP contribution in [0.15, 0.2) is 12.4 Å². The highest BCUT2D eigenvalue weighted by molar-refractivity contribution is 5.10. The van der Waals surface area contributed by atoms with E-state index in [1.807, 2.05) is 17.9 Å². The minimum absolute atomic E-state index is 0.538. The molecule has 2 heterocycles. The summed E-state index contributed by atoms with van der Waals surface area (Å²) in [6, 6.07) is 0.538. The fourth-order valence-corrected chi connectivity index (χ4v) is 1.93. The van der Waals surface area contributed by atoms with E-state index in [1.165, 1.54) is 31.2 Å². The molecule has 0 aromatic carbocycles. The summed E-state index contributed by atoms with van der Waals surface area (Å²) in [6.45, 7) is 1.15. The first-order chi connectivity index (χ1) is 6.36. The topological polar surface area (TPSA) is 29.9 Å². The average Bonchev–Trinajstić information content (AvgIpc) is 2.43. The maximum Gasteiger partial charge on any atom is 0.0537 e. The van der Waals surface area contributed by atoms with Crippen LogP contribution in [0.3, 0.4) is 0 Å². The van der Waals surface area contributed by atoms with Gasteiger partial charge in [0.05, 0.1) is 6.20 Å². The molecule has 0 amide bonds. The molecular formula is C10H17N3.